The topological polar surface area (TPSA) is 43.1 Å². The van der Waals surface area contributed by atoms with Crippen LogP contribution in [0.2, 0.25) is 0 Å². The summed E-state index contributed by atoms with van der Waals surface area (Å²) in [5, 5.41) is 10.4. The number of nitrogens with zero attached hydrogens (tertiary/aromatic N) is 1. The fourth-order valence-corrected chi connectivity index (χ4v) is 1.13. The Bertz CT molecular complexity index is 355. The van der Waals surface area contributed by atoms with Gasteiger partial charge in [0.05, 0.1) is 10.5 Å². The van der Waals surface area contributed by atoms with Gasteiger partial charge in [0.2, 0.25) is 0 Å². The van der Waals surface area contributed by atoms with Gasteiger partial charge < -0.3 is 0 Å². The van der Waals surface area contributed by atoms with Crippen LogP contribution in [0.4, 0.5) is 5.69 Å². The molecule has 0 saturated heterocycles. The van der Waals surface area contributed by atoms with Crippen molar-refractivity contribution < 1.29 is 4.92 Å². The molecular formula is C8H5NO2. The lowest BCUT2D eigenvalue weighted by molar-refractivity contribution is -0.385. The molecule has 0 bridgehead atoms. The number of rotatable bonds is 1. The molecule has 1 aliphatic carbocycles. The van der Waals surface area contributed by atoms with Crippen LogP contribution < -0.4 is 0 Å². The highest BCUT2D eigenvalue weighted by molar-refractivity contribution is 5.89. The van der Waals surface area contributed by atoms with Crippen LogP contribution in [0.25, 0.3) is 12.2 Å². The van der Waals surface area contributed by atoms with Crippen molar-refractivity contribution in [3.63, 3.8) is 0 Å². The van der Waals surface area contributed by atoms with Crippen molar-refractivity contribution in [2.24, 2.45) is 0 Å². The van der Waals surface area contributed by atoms with E-state index in [4.69, 9.17) is 0 Å². The largest absolute Gasteiger partial charge is 0.277 e. The zero-order valence-corrected chi connectivity index (χ0v) is 5.65. The molecule has 0 aliphatic heterocycles. The summed E-state index contributed by atoms with van der Waals surface area (Å²) in [5.74, 6) is 0. The van der Waals surface area contributed by atoms with Gasteiger partial charge in [-0.15, -0.1) is 0 Å². The zero-order valence-electron chi connectivity index (χ0n) is 5.65. The van der Waals surface area contributed by atoms with Crippen LogP contribution in [0.1, 0.15) is 11.1 Å². The van der Waals surface area contributed by atoms with Crippen LogP contribution in [0.3, 0.4) is 0 Å². The Labute approximate surface area is 63.1 Å². The summed E-state index contributed by atoms with van der Waals surface area (Å²) < 4.78 is 0. The highest BCUT2D eigenvalue weighted by Crippen LogP contribution is 2.31. The second-order valence-electron chi connectivity index (χ2n) is 2.37. The third kappa shape index (κ3) is 0.741. The van der Waals surface area contributed by atoms with Gasteiger partial charge in [-0.2, -0.15) is 0 Å². The van der Waals surface area contributed by atoms with Gasteiger partial charge in [0.1, 0.15) is 0 Å². The van der Waals surface area contributed by atoms with Crippen molar-refractivity contribution in [2.45, 2.75) is 0 Å². The maximum absolute atomic E-state index is 10.4. The Balaban J connectivity index is 2.61. The quantitative estimate of drug-likeness (QED) is 0.457. The lowest BCUT2D eigenvalue weighted by atomic mass is 9.96. The van der Waals surface area contributed by atoms with E-state index in [-0.39, 0.29) is 10.6 Å². The molecule has 1 aromatic rings. The molecule has 0 atom stereocenters. The van der Waals surface area contributed by atoms with Crippen LogP contribution >= 0.6 is 0 Å². The second kappa shape index (κ2) is 1.92. The predicted molar refractivity (Wildman–Crippen MR) is 42.0 cm³/mol. The molecule has 0 spiro atoms. The number of nitro groups is 1. The number of hydrogen-bond acceptors (Lipinski definition) is 2. The van der Waals surface area contributed by atoms with E-state index in [1.165, 1.54) is 6.07 Å². The molecule has 2 rings (SSSR count). The zero-order chi connectivity index (χ0) is 7.84. The molecule has 3 heteroatoms. The molecule has 3 nitrogen and oxygen atoms in total. The number of benzene rings is 1. The molecule has 11 heavy (non-hydrogen) atoms. The lowest BCUT2D eigenvalue weighted by Crippen LogP contribution is -1.97. The van der Waals surface area contributed by atoms with Gasteiger partial charge in [0.25, 0.3) is 5.69 Å². The Morgan fingerprint density at radius 2 is 2.09 bits per heavy atom. The minimum absolute atomic E-state index is 0.199. The van der Waals surface area contributed by atoms with Gasteiger partial charge in [-0.05, 0) is 11.6 Å². The van der Waals surface area contributed by atoms with Crippen LogP contribution in [-0.2, 0) is 0 Å². The SMILES string of the molecule is O=[N+]([O-])c1cccc2c1C=C2. The maximum atomic E-state index is 10.4. The monoisotopic (exact) mass is 147 g/mol. The lowest BCUT2D eigenvalue weighted by Gasteiger charge is -2.08. The highest BCUT2D eigenvalue weighted by Gasteiger charge is 2.17. The summed E-state index contributed by atoms with van der Waals surface area (Å²) in [7, 11) is 0. The Hall–Kier alpha value is -1.64. The summed E-state index contributed by atoms with van der Waals surface area (Å²) in [5.41, 5.74) is 1.90. The Kier molecular flexibility index (Phi) is 1.06. The van der Waals surface area contributed by atoms with Crippen molar-refractivity contribution in [1.82, 2.24) is 0 Å². The Morgan fingerprint density at radius 3 is 2.55 bits per heavy atom. The summed E-state index contributed by atoms with van der Waals surface area (Å²) >= 11 is 0. The van der Waals surface area contributed by atoms with E-state index in [1.54, 1.807) is 12.1 Å². The molecule has 1 aromatic carbocycles. The molecule has 0 unspecified atom stereocenters. The van der Waals surface area contributed by atoms with Crippen molar-refractivity contribution in [2.75, 3.05) is 0 Å². The first-order valence-electron chi connectivity index (χ1n) is 3.24. The van der Waals surface area contributed by atoms with Crippen LogP contribution in [-0.4, -0.2) is 4.92 Å². The van der Waals surface area contributed by atoms with Crippen LogP contribution in [0.15, 0.2) is 18.2 Å². The van der Waals surface area contributed by atoms with Crippen LogP contribution in [0.5, 0.6) is 0 Å². The first kappa shape index (κ1) is 6.09. The molecular weight excluding hydrogens is 142 g/mol. The molecule has 0 radical (unpaired) electrons. The van der Waals surface area contributed by atoms with Crippen molar-refractivity contribution >= 4 is 17.8 Å². The molecule has 0 fully saturated rings. The number of hydrogen-bond donors (Lipinski definition) is 0. The van der Waals surface area contributed by atoms with Crippen LogP contribution in [0, 0.1) is 10.1 Å². The Morgan fingerprint density at radius 1 is 1.27 bits per heavy atom. The van der Waals surface area contributed by atoms with E-state index in [1.807, 2.05) is 12.1 Å². The number of fused-ring (bicyclic) bond motifs is 1. The highest BCUT2D eigenvalue weighted by atomic mass is 16.6. The first-order chi connectivity index (χ1) is 5.29. The van der Waals surface area contributed by atoms with Gasteiger partial charge in [0, 0.05) is 6.07 Å². The molecule has 0 N–H and O–H groups in total. The van der Waals surface area contributed by atoms with E-state index in [9.17, 15) is 10.1 Å². The fourth-order valence-electron chi connectivity index (χ4n) is 1.13. The van der Waals surface area contributed by atoms with E-state index in [0.717, 1.165) is 11.1 Å². The normalized spacial score (nSPS) is 12.0. The van der Waals surface area contributed by atoms with Gasteiger partial charge in [-0.1, -0.05) is 18.2 Å². The van der Waals surface area contributed by atoms with Gasteiger partial charge >= 0.3 is 0 Å². The van der Waals surface area contributed by atoms with Gasteiger partial charge in [-0.3, -0.25) is 10.1 Å². The van der Waals surface area contributed by atoms with E-state index < -0.39 is 0 Å². The summed E-state index contributed by atoms with van der Waals surface area (Å²) in [6.07, 6.45) is 3.62. The van der Waals surface area contributed by atoms with E-state index in [2.05, 4.69) is 0 Å². The second-order valence-corrected chi connectivity index (χ2v) is 2.37. The smallest absolute Gasteiger partial charge is 0.258 e. The summed E-state index contributed by atoms with van der Waals surface area (Å²) in [4.78, 5) is 10.0. The molecule has 0 aromatic heterocycles. The average molecular weight is 147 g/mol. The van der Waals surface area contributed by atoms with Crippen molar-refractivity contribution in [3.8, 4) is 0 Å². The predicted octanol–water partition coefficient (Wildman–Crippen LogP) is 2.08. The minimum atomic E-state index is -0.359. The van der Waals surface area contributed by atoms with Crippen molar-refractivity contribution in [1.29, 1.82) is 0 Å². The molecule has 1 aliphatic rings. The molecule has 54 valence electrons. The van der Waals surface area contributed by atoms with Crippen molar-refractivity contribution in [3.05, 3.63) is 39.4 Å². The van der Waals surface area contributed by atoms with E-state index in [0.29, 0.717) is 0 Å². The third-order valence-electron chi connectivity index (χ3n) is 1.74. The summed E-state index contributed by atoms with van der Waals surface area (Å²) in [6, 6.07) is 5.07. The first-order valence-corrected chi connectivity index (χ1v) is 3.24. The third-order valence-corrected chi connectivity index (χ3v) is 1.74. The van der Waals surface area contributed by atoms with Gasteiger partial charge in [-0.25, -0.2) is 0 Å². The fraction of sp³-hybridized carbons (Fsp3) is 0. The van der Waals surface area contributed by atoms with Gasteiger partial charge in [0.15, 0.2) is 0 Å². The minimum Gasteiger partial charge on any atom is -0.258 e. The van der Waals surface area contributed by atoms with E-state index >= 15 is 0 Å². The molecule has 0 saturated carbocycles. The standard InChI is InChI=1S/C8H5NO2/c10-9(11)8-3-1-2-6-4-5-7(6)8/h1-5H. The molecule has 0 heterocycles. The molecule has 0 amide bonds. The summed E-state index contributed by atoms with van der Waals surface area (Å²) in [6.45, 7) is 0. The number of nitro benzene ring substituents is 1. The average Bonchev–Trinajstić information content (AvgIpc) is 1.90. The maximum Gasteiger partial charge on any atom is 0.277 e.